The predicted molar refractivity (Wildman–Crippen MR) is 77.5 cm³/mol. The first-order chi connectivity index (χ1) is 10.2. The molecule has 0 spiro atoms. The number of methoxy groups -OCH3 is 2. The summed E-state index contributed by atoms with van der Waals surface area (Å²) in [5, 5.41) is 8.70. The summed E-state index contributed by atoms with van der Waals surface area (Å²) in [4.78, 5) is 16.5. The fourth-order valence-corrected chi connectivity index (χ4v) is 2.43. The van der Waals surface area contributed by atoms with Gasteiger partial charge >= 0.3 is 0 Å². The minimum Gasteiger partial charge on any atom is -0.496 e. The zero-order chi connectivity index (χ0) is 15.2. The van der Waals surface area contributed by atoms with Crippen molar-refractivity contribution in [1.29, 1.82) is 5.26 Å². The number of piperazine rings is 1. The van der Waals surface area contributed by atoms with Gasteiger partial charge in [0.05, 0.1) is 26.8 Å². The minimum atomic E-state index is -0.0964. The quantitative estimate of drug-likeness (QED) is 0.773. The highest BCUT2D eigenvalue weighted by atomic mass is 16.5. The molecule has 1 aliphatic rings. The largest absolute Gasteiger partial charge is 0.496 e. The molecule has 6 heteroatoms. The Morgan fingerprint density at radius 1 is 1.19 bits per heavy atom. The molecule has 1 amide bonds. The van der Waals surface area contributed by atoms with Crippen LogP contribution in [0, 0.1) is 11.3 Å². The summed E-state index contributed by atoms with van der Waals surface area (Å²) in [5.74, 6) is 0.929. The molecule has 21 heavy (non-hydrogen) atoms. The second-order valence-corrected chi connectivity index (χ2v) is 4.76. The Labute approximate surface area is 124 Å². The van der Waals surface area contributed by atoms with E-state index in [9.17, 15) is 4.79 Å². The lowest BCUT2D eigenvalue weighted by Crippen LogP contribution is -2.48. The Kier molecular flexibility index (Phi) is 5.01. The predicted octanol–water partition coefficient (Wildman–Crippen LogP) is 0.985. The second kappa shape index (κ2) is 6.95. The molecule has 0 radical (unpaired) electrons. The van der Waals surface area contributed by atoms with Gasteiger partial charge in [0, 0.05) is 26.2 Å². The lowest BCUT2D eigenvalue weighted by Gasteiger charge is -2.33. The second-order valence-electron chi connectivity index (χ2n) is 4.76. The Balaban J connectivity index is 2.16. The number of nitrogens with zero attached hydrogens (tertiary/aromatic N) is 3. The van der Waals surface area contributed by atoms with Crippen LogP contribution >= 0.6 is 0 Å². The molecule has 1 aromatic carbocycles. The molecule has 2 rings (SSSR count). The number of hydrogen-bond donors (Lipinski definition) is 0. The number of carbonyl (C=O) groups is 1. The zero-order valence-electron chi connectivity index (χ0n) is 12.3. The van der Waals surface area contributed by atoms with E-state index in [2.05, 4.69) is 6.07 Å². The van der Waals surface area contributed by atoms with Crippen molar-refractivity contribution in [2.24, 2.45) is 0 Å². The molecule has 112 valence electrons. The van der Waals surface area contributed by atoms with Gasteiger partial charge in [-0.15, -0.1) is 0 Å². The summed E-state index contributed by atoms with van der Waals surface area (Å²) in [5.41, 5.74) is 0.455. The number of nitriles is 1. The van der Waals surface area contributed by atoms with Gasteiger partial charge in [-0.3, -0.25) is 9.69 Å². The van der Waals surface area contributed by atoms with E-state index in [1.165, 1.54) is 14.2 Å². The van der Waals surface area contributed by atoms with E-state index in [-0.39, 0.29) is 5.91 Å². The molecule has 0 aromatic heterocycles. The first-order valence-electron chi connectivity index (χ1n) is 6.80. The monoisotopic (exact) mass is 289 g/mol. The van der Waals surface area contributed by atoms with Crippen molar-refractivity contribution >= 4 is 5.91 Å². The zero-order valence-corrected chi connectivity index (χ0v) is 12.3. The van der Waals surface area contributed by atoms with Crippen LogP contribution in [0.5, 0.6) is 11.5 Å². The SMILES string of the molecule is COc1cccc(OC)c1C(=O)N1CCN(CC#N)CC1. The van der Waals surface area contributed by atoms with Gasteiger partial charge in [0.25, 0.3) is 5.91 Å². The minimum absolute atomic E-state index is 0.0964. The number of amides is 1. The van der Waals surface area contributed by atoms with Gasteiger partial charge in [-0.2, -0.15) is 5.26 Å². The Morgan fingerprint density at radius 3 is 2.24 bits per heavy atom. The summed E-state index contributed by atoms with van der Waals surface area (Å²) in [6.45, 7) is 3.01. The molecule has 1 saturated heterocycles. The summed E-state index contributed by atoms with van der Waals surface area (Å²) in [7, 11) is 3.08. The van der Waals surface area contributed by atoms with Crippen molar-refractivity contribution in [3.63, 3.8) is 0 Å². The molecule has 1 aromatic rings. The van der Waals surface area contributed by atoms with Crippen molar-refractivity contribution in [3.8, 4) is 17.6 Å². The number of rotatable bonds is 4. The van der Waals surface area contributed by atoms with Crippen molar-refractivity contribution in [3.05, 3.63) is 23.8 Å². The van der Waals surface area contributed by atoms with Crippen LogP contribution < -0.4 is 9.47 Å². The summed E-state index contributed by atoms with van der Waals surface area (Å²) in [6, 6.07) is 7.43. The highest BCUT2D eigenvalue weighted by Crippen LogP contribution is 2.29. The number of carbonyl (C=O) groups excluding carboxylic acids is 1. The first kappa shape index (κ1) is 15.1. The number of ether oxygens (including phenoxy) is 2. The maximum absolute atomic E-state index is 12.7. The molecule has 1 fully saturated rings. The smallest absolute Gasteiger partial charge is 0.261 e. The maximum Gasteiger partial charge on any atom is 0.261 e. The van der Waals surface area contributed by atoms with Crippen LogP contribution in [0.3, 0.4) is 0 Å². The van der Waals surface area contributed by atoms with E-state index < -0.39 is 0 Å². The number of hydrogen-bond acceptors (Lipinski definition) is 5. The summed E-state index contributed by atoms with van der Waals surface area (Å²) >= 11 is 0. The fourth-order valence-electron chi connectivity index (χ4n) is 2.43. The Bertz CT molecular complexity index is 523. The van der Waals surface area contributed by atoms with Gasteiger partial charge in [-0.05, 0) is 12.1 Å². The summed E-state index contributed by atoms with van der Waals surface area (Å²) < 4.78 is 10.6. The van der Waals surface area contributed by atoms with Crippen LogP contribution in [-0.2, 0) is 0 Å². The topological polar surface area (TPSA) is 65.8 Å². The van der Waals surface area contributed by atoms with Crippen LogP contribution in [-0.4, -0.2) is 62.7 Å². The van der Waals surface area contributed by atoms with Gasteiger partial charge < -0.3 is 14.4 Å². The van der Waals surface area contributed by atoms with Gasteiger partial charge in [0.2, 0.25) is 0 Å². The molecule has 0 N–H and O–H groups in total. The molecule has 0 atom stereocenters. The van der Waals surface area contributed by atoms with Gasteiger partial charge in [-0.1, -0.05) is 6.07 Å². The van der Waals surface area contributed by atoms with E-state index >= 15 is 0 Å². The molecule has 1 aliphatic heterocycles. The van der Waals surface area contributed by atoms with Crippen LogP contribution in [0.1, 0.15) is 10.4 Å². The van der Waals surface area contributed by atoms with E-state index in [0.717, 1.165) is 0 Å². The average molecular weight is 289 g/mol. The molecule has 0 aliphatic carbocycles. The molecule has 6 nitrogen and oxygen atoms in total. The third-order valence-electron chi connectivity index (χ3n) is 3.60. The third-order valence-corrected chi connectivity index (χ3v) is 3.60. The van der Waals surface area contributed by atoms with E-state index in [0.29, 0.717) is 49.8 Å². The Hall–Kier alpha value is -2.26. The first-order valence-corrected chi connectivity index (χ1v) is 6.80. The van der Waals surface area contributed by atoms with Crippen molar-refractivity contribution in [1.82, 2.24) is 9.80 Å². The van der Waals surface area contributed by atoms with Crippen LogP contribution in [0.15, 0.2) is 18.2 Å². The lowest BCUT2D eigenvalue weighted by atomic mass is 10.1. The van der Waals surface area contributed by atoms with Crippen molar-refractivity contribution < 1.29 is 14.3 Å². The molecule has 0 saturated carbocycles. The van der Waals surface area contributed by atoms with Crippen molar-refractivity contribution in [2.45, 2.75) is 0 Å². The van der Waals surface area contributed by atoms with Crippen molar-refractivity contribution in [2.75, 3.05) is 46.9 Å². The molecular weight excluding hydrogens is 270 g/mol. The van der Waals surface area contributed by atoms with E-state index in [1.807, 2.05) is 4.90 Å². The molecule has 1 heterocycles. The van der Waals surface area contributed by atoms with E-state index in [1.54, 1.807) is 23.1 Å². The summed E-state index contributed by atoms with van der Waals surface area (Å²) in [6.07, 6.45) is 0. The normalized spacial score (nSPS) is 15.4. The third kappa shape index (κ3) is 3.26. The Morgan fingerprint density at radius 2 is 1.76 bits per heavy atom. The lowest BCUT2D eigenvalue weighted by molar-refractivity contribution is 0.0645. The van der Waals surface area contributed by atoms with Gasteiger partial charge in [0.1, 0.15) is 17.1 Å². The highest BCUT2D eigenvalue weighted by molar-refractivity contribution is 5.99. The molecule has 0 unspecified atom stereocenters. The van der Waals surface area contributed by atoms with Crippen LogP contribution in [0.4, 0.5) is 0 Å². The fraction of sp³-hybridized carbons (Fsp3) is 0.467. The molecular formula is C15H19N3O3. The van der Waals surface area contributed by atoms with Gasteiger partial charge in [0.15, 0.2) is 0 Å². The van der Waals surface area contributed by atoms with E-state index in [4.69, 9.17) is 14.7 Å². The standard InChI is InChI=1S/C15H19N3O3/c1-20-12-4-3-5-13(21-2)14(12)15(19)18-10-8-17(7-6-16)9-11-18/h3-5H,7-11H2,1-2H3. The highest BCUT2D eigenvalue weighted by Gasteiger charge is 2.26. The van der Waals surface area contributed by atoms with Gasteiger partial charge in [-0.25, -0.2) is 0 Å². The number of benzene rings is 1. The maximum atomic E-state index is 12.7. The van der Waals surface area contributed by atoms with Crippen LogP contribution in [0.2, 0.25) is 0 Å². The molecule has 0 bridgehead atoms. The van der Waals surface area contributed by atoms with Crippen LogP contribution in [0.25, 0.3) is 0 Å². The average Bonchev–Trinajstić information content (AvgIpc) is 2.54.